The number of hydrogen-bond acceptors (Lipinski definition) is 3. The molecule has 0 fully saturated rings. The van der Waals surface area contributed by atoms with Gasteiger partial charge in [0.25, 0.3) is 0 Å². The van der Waals surface area contributed by atoms with Gasteiger partial charge in [-0.1, -0.05) is 18.5 Å². The maximum absolute atomic E-state index is 11.5. The van der Waals surface area contributed by atoms with Crippen LogP contribution in [0.5, 0.6) is 0 Å². The summed E-state index contributed by atoms with van der Waals surface area (Å²) in [6.45, 7) is 4.11. The molecule has 1 heterocycles. The average molecular weight is 283 g/mol. The molecule has 16 heavy (non-hydrogen) atoms. The minimum atomic E-state index is -0.150. The van der Waals surface area contributed by atoms with E-state index in [1.165, 1.54) is 11.3 Å². The summed E-state index contributed by atoms with van der Waals surface area (Å²) in [5.74, 6) is -0.169. The standard InChI is InChI=1S/C10H15ClN2OS.ClH/c1-6(5-12)10(14)13-7(2)8-3-4-9(11)15-8;/h3-4,6-7H,5,12H2,1-2H3,(H,13,14);1H. The maximum atomic E-state index is 11.5. The van der Waals surface area contributed by atoms with Gasteiger partial charge in [-0.15, -0.1) is 23.7 Å². The molecule has 92 valence electrons. The molecule has 1 amide bonds. The molecule has 2 atom stereocenters. The van der Waals surface area contributed by atoms with Crippen molar-refractivity contribution in [1.82, 2.24) is 5.32 Å². The lowest BCUT2D eigenvalue weighted by Crippen LogP contribution is -2.34. The zero-order valence-corrected chi connectivity index (χ0v) is 11.6. The Morgan fingerprint density at radius 3 is 2.62 bits per heavy atom. The second-order valence-electron chi connectivity index (χ2n) is 3.51. The van der Waals surface area contributed by atoms with E-state index in [0.717, 1.165) is 9.21 Å². The summed E-state index contributed by atoms with van der Waals surface area (Å²) >= 11 is 7.29. The van der Waals surface area contributed by atoms with Gasteiger partial charge in [0.1, 0.15) is 0 Å². The average Bonchev–Trinajstić information content (AvgIpc) is 2.63. The Morgan fingerprint density at radius 1 is 1.56 bits per heavy atom. The second-order valence-corrected chi connectivity index (χ2v) is 5.26. The molecule has 1 aromatic rings. The van der Waals surface area contributed by atoms with Gasteiger partial charge in [-0.25, -0.2) is 0 Å². The van der Waals surface area contributed by atoms with E-state index in [4.69, 9.17) is 17.3 Å². The summed E-state index contributed by atoms with van der Waals surface area (Å²) in [5.41, 5.74) is 5.41. The van der Waals surface area contributed by atoms with Gasteiger partial charge in [0.15, 0.2) is 0 Å². The normalized spacial score (nSPS) is 13.8. The smallest absolute Gasteiger partial charge is 0.224 e. The molecule has 0 aliphatic heterocycles. The zero-order chi connectivity index (χ0) is 11.4. The fourth-order valence-electron chi connectivity index (χ4n) is 1.09. The summed E-state index contributed by atoms with van der Waals surface area (Å²) in [5, 5.41) is 2.89. The predicted molar refractivity (Wildman–Crippen MR) is 71.4 cm³/mol. The van der Waals surface area contributed by atoms with Crippen molar-refractivity contribution in [3.05, 3.63) is 21.3 Å². The van der Waals surface area contributed by atoms with Gasteiger partial charge in [-0.05, 0) is 19.1 Å². The highest BCUT2D eigenvalue weighted by Crippen LogP contribution is 2.26. The summed E-state index contributed by atoms with van der Waals surface area (Å²) in [6.07, 6.45) is 0. The summed E-state index contributed by atoms with van der Waals surface area (Å²) in [4.78, 5) is 12.6. The number of hydrogen-bond donors (Lipinski definition) is 2. The van der Waals surface area contributed by atoms with Gasteiger partial charge < -0.3 is 11.1 Å². The van der Waals surface area contributed by atoms with Crippen LogP contribution in [0.25, 0.3) is 0 Å². The van der Waals surface area contributed by atoms with E-state index in [1.54, 1.807) is 0 Å². The number of carbonyl (C=O) groups is 1. The molecular formula is C10H16Cl2N2OS. The van der Waals surface area contributed by atoms with E-state index in [1.807, 2.05) is 26.0 Å². The van der Waals surface area contributed by atoms with Crippen molar-refractivity contribution in [2.24, 2.45) is 11.7 Å². The molecule has 0 spiro atoms. The van der Waals surface area contributed by atoms with Crippen molar-refractivity contribution in [2.45, 2.75) is 19.9 Å². The highest BCUT2D eigenvalue weighted by Gasteiger charge is 2.15. The highest BCUT2D eigenvalue weighted by molar-refractivity contribution is 7.16. The lowest BCUT2D eigenvalue weighted by Gasteiger charge is -2.15. The van der Waals surface area contributed by atoms with E-state index in [0.29, 0.717) is 6.54 Å². The van der Waals surface area contributed by atoms with Crippen molar-refractivity contribution in [3.8, 4) is 0 Å². The molecule has 0 saturated heterocycles. The summed E-state index contributed by atoms with van der Waals surface area (Å²) in [7, 11) is 0. The topological polar surface area (TPSA) is 55.1 Å². The lowest BCUT2D eigenvalue weighted by molar-refractivity contribution is -0.124. The number of rotatable bonds is 4. The third-order valence-corrected chi connectivity index (χ3v) is 3.59. The Bertz CT molecular complexity index is 343. The molecular weight excluding hydrogens is 267 g/mol. The zero-order valence-electron chi connectivity index (χ0n) is 9.20. The quantitative estimate of drug-likeness (QED) is 0.892. The van der Waals surface area contributed by atoms with Crippen molar-refractivity contribution in [2.75, 3.05) is 6.54 Å². The SMILES string of the molecule is CC(CN)C(=O)NC(C)c1ccc(Cl)s1.Cl. The molecule has 1 aromatic heterocycles. The molecule has 0 radical (unpaired) electrons. The number of amides is 1. The monoisotopic (exact) mass is 282 g/mol. The van der Waals surface area contributed by atoms with Gasteiger partial charge in [0.2, 0.25) is 5.91 Å². The molecule has 6 heteroatoms. The Morgan fingerprint density at radius 2 is 2.19 bits per heavy atom. The fourth-order valence-corrected chi connectivity index (χ4v) is 2.16. The lowest BCUT2D eigenvalue weighted by atomic mass is 10.1. The molecule has 0 aromatic carbocycles. The van der Waals surface area contributed by atoms with Crippen LogP contribution in [-0.2, 0) is 4.79 Å². The van der Waals surface area contributed by atoms with Gasteiger partial charge in [0, 0.05) is 17.3 Å². The van der Waals surface area contributed by atoms with Crippen LogP contribution in [0.1, 0.15) is 24.8 Å². The van der Waals surface area contributed by atoms with E-state index in [-0.39, 0.29) is 30.3 Å². The number of carbonyl (C=O) groups excluding carboxylic acids is 1. The maximum Gasteiger partial charge on any atom is 0.224 e. The Balaban J connectivity index is 0.00000225. The Kier molecular flexibility index (Phi) is 6.99. The van der Waals surface area contributed by atoms with Gasteiger partial charge >= 0.3 is 0 Å². The van der Waals surface area contributed by atoms with Crippen LogP contribution < -0.4 is 11.1 Å². The summed E-state index contributed by atoms with van der Waals surface area (Å²) < 4.78 is 0.734. The fraction of sp³-hybridized carbons (Fsp3) is 0.500. The first-order valence-electron chi connectivity index (χ1n) is 4.80. The van der Waals surface area contributed by atoms with Crippen LogP contribution in [-0.4, -0.2) is 12.5 Å². The number of nitrogens with one attached hydrogen (secondary N) is 1. The Hall–Kier alpha value is -0.290. The third-order valence-electron chi connectivity index (χ3n) is 2.18. The van der Waals surface area contributed by atoms with Crippen LogP contribution in [0, 0.1) is 5.92 Å². The Labute approximate surface area is 111 Å². The number of halogens is 2. The van der Waals surface area contributed by atoms with Crippen molar-refractivity contribution in [3.63, 3.8) is 0 Å². The van der Waals surface area contributed by atoms with Crippen LogP contribution in [0.2, 0.25) is 4.34 Å². The van der Waals surface area contributed by atoms with Crippen LogP contribution in [0.15, 0.2) is 12.1 Å². The predicted octanol–water partition coefficient (Wildman–Crippen LogP) is 2.60. The first-order valence-corrected chi connectivity index (χ1v) is 5.99. The molecule has 2 unspecified atom stereocenters. The minimum Gasteiger partial charge on any atom is -0.348 e. The molecule has 0 saturated carbocycles. The van der Waals surface area contributed by atoms with E-state index < -0.39 is 0 Å². The largest absolute Gasteiger partial charge is 0.348 e. The second kappa shape index (κ2) is 7.12. The van der Waals surface area contributed by atoms with E-state index in [2.05, 4.69) is 5.32 Å². The van der Waals surface area contributed by atoms with E-state index >= 15 is 0 Å². The minimum absolute atomic E-state index is 0. The molecule has 0 bridgehead atoms. The van der Waals surface area contributed by atoms with E-state index in [9.17, 15) is 4.79 Å². The number of thiophene rings is 1. The van der Waals surface area contributed by atoms with Crippen LogP contribution >= 0.6 is 35.3 Å². The van der Waals surface area contributed by atoms with Crippen LogP contribution in [0.4, 0.5) is 0 Å². The number of nitrogens with two attached hydrogens (primary N) is 1. The van der Waals surface area contributed by atoms with Gasteiger partial charge in [0.05, 0.1) is 10.4 Å². The van der Waals surface area contributed by atoms with Crippen molar-refractivity contribution >= 4 is 41.3 Å². The van der Waals surface area contributed by atoms with Gasteiger partial charge in [-0.3, -0.25) is 4.79 Å². The first-order chi connectivity index (χ1) is 7.04. The molecule has 3 nitrogen and oxygen atoms in total. The molecule has 3 N–H and O–H groups in total. The van der Waals surface area contributed by atoms with Crippen molar-refractivity contribution in [1.29, 1.82) is 0 Å². The molecule has 0 aliphatic carbocycles. The summed E-state index contributed by atoms with van der Waals surface area (Å²) in [6, 6.07) is 3.74. The molecule has 0 aliphatic rings. The third kappa shape index (κ3) is 4.29. The van der Waals surface area contributed by atoms with Crippen LogP contribution in [0.3, 0.4) is 0 Å². The van der Waals surface area contributed by atoms with Crippen molar-refractivity contribution < 1.29 is 4.79 Å². The highest BCUT2D eigenvalue weighted by atomic mass is 35.5. The molecule has 1 rings (SSSR count). The van der Waals surface area contributed by atoms with Gasteiger partial charge in [-0.2, -0.15) is 0 Å². The first kappa shape index (κ1) is 15.7.